The first-order valence-corrected chi connectivity index (χ1v) is 5.60. The molecule has 5 nitrogen and oxygen atoms in total. The molecule has 4 N–H and O–H groups in total. The Morgan fingerprint density at radius 3 is 2.88 bits per heavy atom. The highest BCUT2D eigenvalue weighted by atomic mass is 16.1. The van der Waals surface area contributed by atoms with E-state index in [1.807, 2.05) is 0 Å². The molecule has 1 unspecified atom stereocenters. The minimum Gasteiger partial charge on any atom is -0.363 e. The third kappa shape index (κ3) is 2.24. The second-order valence-electron chi connectivity index (χ2n) is 4.74. The quantitative estimate of drug-likeness (QED) is 0.697. The van der Waals surface area contributed by atoms with Crippen molar-refractivity contribution in [1.82, 2.24) is 9.97 Å². The molecule has 1 aliphatic carbocycles. The predicted molar refractivity (Wildman–Crippen MR) is 63.4 cm³/mol. The van der Waals surface area contributed by atoms with E-state index in [0.29, 0.717) is 24.1 Å². The Labute approximate surface area is 94.5 Å². The molecule has 1 saturated carbocycles. The standard InChI is InChI=1S/C11H18N4O/c1-7-13-9(5-10(16)14-7)15-11(2,6-12)8-3-4-8/h5,8H,3-4,6,12H2,1-2H3,(H2,13,14,15,16). The third-order valence-electron chi connectivity index (χ3n) is 3.18. The van der Waals surface area contributed by atoms with Gasteiger partial charge in [-0.2, -0.15) is 0 Å². The molecule has 1 aliphatic rings. The van der Waals surface area contributed by atoms with Crippen molar-refractivity contribution < 1.29 is 0 Å². The van der Waals surface area contributed by atoms with Crippen LogP contribution in [0.15, 0.2) is 10.9 Å². The molecular formula is C11H18N4O. The van der Waals surface area contributed by atoms with Crippen LogP contribution >= 0.6 is 0 Å². The van der Waals surface area contributed by atoms with Gasteiger partial charge in [0, 0.05) is 12.6 Å². The lowest BCUT2D eigenvalue weighted by Crippen LogP contribution is -2.45. The topological polar surface area (TPSA) is 83.8 Å². The number of aromatic nitrogens is 2. The summed E-state index contributed by atoms with van der Waals surface area (Å²) < 4.78 is 0. The summed E-state index contributed by atoms with van der Waals surface area (Å²) in [5.74, 6) is 1.82. The summed E-state index contributed by atoms with van der Waals surface area (Å²) in [5, 5.41) is 3.29. The monoisotopic (exact) mass is 222 g/mol. The van der Waals surface area contributed by atoms with E-state index in [2.05, 4.69) is 22.2 Å². The van der Waals surface area contributed by atoms with E-state index in [1.54, 1.807) is 6.92 Å². The van der Waals surface area contributed by atoms with E-state index >= 15 is 0 Å². The molecule has 1 heterocycles. The molecule has 1 aromatic heterocycles. The van der Waals surface area contributed by atoms with Crippen LogP contribution in [-0.4, -0.2) is 22.1 Å². The molecule has 1 atom stereocenters. The summed E-state index contributed by atoms with van der Waals surface area (Å²) in [6.07, 6.45) is 2.39. The summed E-state index contributed by atoms with van der Waals surface area (Å²) in [5.41, 5.74) is 5.52. The Morgan fingerprint density at radius 1 is 1.69 bits per heavy atom. The van der Waals surface area contributed by atoms with Gasteiger partial charge < -0.3 is 16.0 Å². The Kier molecular flexibility index (Phi) is 2.71. The third-order valence-corrected chi connectivity index (χ3v) is 3.18. The molecule has 0 bridgehead atoms. The molecule has 0 amide bonds. The average Bonchev–Trinajstić information content (AvgIpc) is 2.98. The molecular weight excluding hydrogens is 204 g/mol. The molecule has 0 radical (unpaired) electrons. The molecule has 0 spiro atoms. The van der Waals surface area contributed by atoms with Crippen molar-refractivity contribution >= 4 is 5.82 Å². The number of nitrogens with two attached hydrogens (primary N) is 1. The fraction of sp³-hybridized carbons (Fsp3) is 0.636. The van der Waals surface area contributed by atoms with Gasteiger partial charge in [-0.05, 0) is 32.6 Å². The van der Waals surface area contributed by atoms with Gasteiger partial charge in [-0.15, -0.1) is 0 Å². The largest absolute Gasteiger partial charge is 0.363 e. The Morgan fingerprint density at radius 2 is 2.38 bits per heavy atom. The summed E-state index contributed by atoms with van der Waals surface area (Å²) in [4.78, 5) is 18.2. The minimum absolute atomic E-state index is 0.134. The van der Waals surface area contributed by atoms with E-state index in [4.69, 9.17) is 5.73 Å². The van der Waals surface area contributed by atoms with Gasteiger partial charge in [0.2, 0.25) is 0 Å². The van der Waals surface area contributed by atoms with E-state index in [9.17, 15) is 4.79 Å². The predicted octanol–water partition coefficient (Wildman–Crippen LogP) is 0.618. The minimum atomic E-state index is -0.146. The zero-order valence-corrected chi connectivity index (χ0v) is 9.71. The van der Waals surface area contributed by atoms with Crippen LogP contribution < -0.4 is 16.6 Å². The summed E-state index contributed by atoms with van der Waals surface area (Å²) >= 11 is 0. The first-order chi connectivity index (χ1) is 7.53. The number of aromatic amines is 1. The molecule has 0 aromatic carbocycles. The Hall–Kier alpha value is -1.36. The van der Waals surface area contributed by atoms with Crippen molar-refractivity contribution in [3.63, 3.8) is 0 Å². The van der Waals surface area contributed by atoms with Crippen LogP contribution in [0, 0.1) is 12.8 Å². The van der Waals surface area contributed by atoms with Crippen molar-refractivity contribution in [2.24, 2.45) is 11.7 Å². The number of H-pyrrole nitrogens is 1. The number of rotatable bonds is 4. The molecule has 1 aromatic rings. The zero-order chi connectivity index (χ0) is 11.8. The maximum absolute atomic E-state index is 11.3. The molecule has 88 valence electrons. The van der Waals surface area contributed by atoms with Crippen LogP contribution in [0.5, 0.6) is 0 Å². The average molecular weight is 222 g/mol. The fourth-order valence-corrected chi connectivity index (χ4v) is 1.98. The highest BCUT2D eigenvalue weighted by Crippen LogP contribution is 2.40. The van der Waals surface area contributed by atoms with Crippen molar-refractivity contribution in [2.75, 3.05) is 11.9 Å². The van der Waals surface area contributed by atoms with Gasteiger partial charge in [0.25, 0.3) is 5.56 Å². The van der Waals surface area contributed by atoms with Crippen LogP contribution in [-0.2, 0) is 0 Å². The highest BCUT2D eigenvalue weighted by Gasteiger charge is 2.40. The van der Waals surface area contributed by atoms with E-state index in [-0.39, 0.29) is 11.1 Å². The lowest BCUT2D eigenvalue weighted by atomic mass is 9.96. The molecule has 0 saturated heterocycles. The van der Waals surface area contributed by atoms with Crippen molar-refractivity contribution in [2.45, 2.75) is 32.2 Å². The second-order valence-corrected chi connectivity index (χ2v) is 4.74. The molecule has 2 rings (SSSR count). The van der Waals surface area contributed by atoms with Crippen LogP contribution in [0.2, 0.25) is 0 Å². The Bertz CT molecular complexity index is 438. The number of nitrogens with zero attached hydrogens (tertiary/aromatic N) is 1. The van der Waals surface area contributed by atoms with Crippen LogP contribution in [0.25, 0.3) is 0 Å². The van der Waals surface area contributed by atoms with E-state index < -0.39 is 0 Å². The number of anilines is 1. The number of hydrogen-bond acceptors (Lipinski definition) is 4. The van der Waals surface area contributed by atoms with Gasteiger partial charge in [-0.1, -0.05) is 0 Å². The molecule has 0 aliphatic heterocycles. The maximum Gasteiger partial charge on any atom is 0.252 e. The van der Waals surface area contributed by atoms with Crippen LogP contribution in [0.4, 0.5) is 5.82 Å². The van der Waals surface area contributed by atoms with Gasteiger partial charge in [0.05, 0.1) is 5.54 Å². The summed E-state index contributed by atoms with van der Waals surface area (Å²) in [6, 6.07) is 1.48. The lowest BCUT2D eigenvalue weighted by molar-refractivity contribution is 0.457. The first-order valence-electron chi connectivity index (χ1n) is 5.60. The van der Waals surface area contributed by atoms with Gasteiger partial charge in [0.15, 0.2) is 0 Å². The SMILES string of the molecule is Cc1nc(NC(C)(CN)C2CC2)cc(=O)[nH]1. The number of nitrogens with one attached hydrogen (secondary N) is 2. The van der Waals surface area contributed by atoms with Gasteiger partial charge in [0.1, 0.15) is 11.6 Å². The lowest BCUT2D eigenvalue weighted by Gasteiger charge is -2.30. The summed E-state index contributed by atoms with van der Waals surface area (Å²) in [7, 11) is 0. The molecule has 5 heteroatoms. The van der Waals surface area contributed by atoms with Crippen molar-refractivity contribution in [3.05, 3.63) is 22.2 Å². The van der Waals surface area contributed by atoms with E-state index in [0.717, 1.165) is 0 Å². The molecule has 1 fully saturated rings. The van der Waals surface area contributed by atoms with Gasteiger partial charge in [-0.3, -0.25) is 4.79 Å². The van der Waals surface area contributed by atoms with E-state index in [1.165, 1.54) is 18.9 Å². The number of hydrogen-bond donors (Lipinski definition) is 3. The Balaban J connectivity index is 2.21. The maximum atomic E-state index is 11.3. The highest BCUT2D eigenvalue weighted by molar-refractivity contribution is 5.37. The normalized spacial score (nSPS) is 19.2. The smallest absolute Gasteiger partial charge is 0.252 e. The first kappa shape index (κ1) is 11.1. The summed E-state index contributed by atoms with van der Waals surface area (Å²) in [6.45, 7) is 4.40. The fourth-order valence-electron chi connectivity index (χ4n) is 1.98. The van der Waals surface area contributed by atoms with Gasteiger partial charge >= 0.3 is 0 Å². The number of aryl methyl sites for hydroxylation is 1. The van der Waals surface area contributed by atoms with Crippen molar-refractivity contribution in [3.8, 4) is 0 Å². The van der Waals surface area contributed by atoms with Gasteiger partial charge in [-0.25, -0.2) is 4.98 Å². The molecule has 16 heavy (non-hydrogen) atoms. The second kappa shape index (κ2) is 3.90. The van der Waals surface area contributed by atoms with Crippen molar-refractivity contribution in [1.29, 1.82) is 0 Å². The van der Waals surface area contributed by atoms with Crippen LogP contribution in [0.1, 0.15) is 25.6 Å². The zero-order valence-electron chi connectivity index (χ0n) is 9.71. The van der Waals surface area contributed by atoms with Crippen LogP contribution in [0.3, 0.4) is 0 Å².